The van der Waals surface area contributed by atoms with Crippen LogP contribution in [0.5, 0.6) is 0 Å². The molecule has 0 N–H and O–H groups in total. The van der Waals surface area contributed by atoms with E-state index in [0.717, 1.165) is 0 Å². The van der Waals surface area contributed by atoms with Gasteiger partial charge < -0.3 is 0 Å². The molecule has 180 valence electrons. The van der Waals surface area contributed by atoms with Crippen LogP contribution >= 0.6 is 0 Å². The number of hydrogen-bond donors (Lipinski definition) is 0. The van der Waals surface area contributed by atoms with Gasteiger partial charge in [-0.25, -0.2) is 0 Å². The molecule has 0 aliphatic carbocycles. The van der Waals surface area contributed by atoms with Crippen molar-refractivity contribution in [3.63, 3.8) is 0 Å². The molecule has 0 fully saturated rings. The van der Waals surface area contributed by atoms with Gasteiger partial charge in [0.1, 0.15) is 6.07 Å². The number of nitrogens with zero attached hydrogens (tertiary/aromatic N) is 9. The maximum Gasteiger partial charge on any atom is 0.425 e. The second-order valence-electron chi connectivity index (χ2n) is 5.79. The van der Waals surface area contributed by atoms with Crippen LogP contribution in [0.2, 0.25) is 0 Å². The normalized spacial score (nSPS) is 10.6. The maximum atomic E-state index is 11.4. The van der Waals surface area contributed by atoms with Gasteiger partial charge in [-0.2, -0.15) is 0 Å². The highest BCUT2D eigenvalue weighted by Crippen LogP contribution is 2.50. The van der Waals surface area contributed by atoms with Crippen molar-refractivity contribution in [2.75, 3.05) is 0 Å². The Labute approximate surface area is 186 Å². The standard InChI is InChI=1S/C12H3N9O14/c22-15(23)4-1-5(16(24)25)9(6(2-4)17(26)27)13-14-10-7(18(28)29)3-8(19(30)31)11(20(32)33)12(10)21(34)35/h1-3H. The van der Waals surface area contributed by atoms with Crippen LogP contribution in [0.4, 0.5) is 51.2 Å². The molecule has 2 aromatic rings. The highest BCUT2D eigenvalue weighted by molar-refractivity contribution is 5.84. The van der Waals surface area contributed by atoms with E-state index >= 15 is 0 Å². The lowest BCUT2D eigenvalue weighted by Gasteiger charge is -2.02. The Morgan fingerprint density at radius 2 is 0.800 bits per heavy atom. The van der Waals surface area contributed by atoms with Crippen molar-refractivity contribution in [1.29, 1.82) is 0 Å². The van der Waals surface area contributed by atoms with Crippen LogP contribution < -0.4 is 0 Å². The molecule has 2 aromatic carbocycles. The highest BCUT2D eigenvalue weighted by atomic mass is 16.7. The molecule has 23 nitrogen and oxygen atoms in total. The van der Waals surface area contributed by atoms with Gasteiger partial charge in [0, 0.05) is 0 Å². The Bertz CT molecular complexity index is 1360. The van der Waals surface area contributed by atoms with Crippen LogP contribution in [0.15, 0.2) is 28.4 Å². The molecule has 0 amide bonds. The fraction of sp³-hybridized carbons (Fsp3) is 0. The summed E-state index contributed by atoms with van der Waals surface area (Å²) in [5.74, 6) is 0. The van der Waals surface area contributed by atoms with Gasteiger partial charge in [0.2, 0.25) is 11.4 Å². The van der Waals surface area contributed by atoms with Crippen LogP contribution in [0.3, 0.4) is 0 Å². The zero-order valence-corrected chi connectivity index (χ0v) is 16.0. The number of azo groups is 1. The summed E-state index contributed by atoms with van der Waals surface area (Å²) < 4.78 is 0. The second-order valence-corrected chi connectivity index (χ2v) is 5.79. The van der Waals surface area contributed by atoms with Gasteiger partial charge >= 0.3 is 34.1 Å². The predicted molar refractivity (Wildman–Crippen MR) is 104 cm³/mol. The van der Waals surface area contributed by atoms with Crippen LogP contribution in [0.1, 0.15) is 0 Å². The molecular weight excluding hydrogens is 494 g/mol. The number of nitro groups is 7. The molecule has 0 aromatic heterocycles. The summed E-state index contributed by atoms with van der Waals surface area (Å²) in [5, 5.41) is 84.5. The Morgan fingerprint density at radius 1 is 0.429 bits per heavy atom. The van der Waals surface area contributed by atoms with Gasteiger partial charge in [0.05, 0.1) is 46.6 Å². The molecule has 0 saturated carbocycles. The number of benzene rings is 2. The molecule has 0 radical (unpaired) electrons. The first kappa shape index (κ1) is 25.1. The molecule has 2 rings (SSSR count). The highest BCUT2D eigenvalue weighted by Gasteiger charge is 2.45. The Morgan fingerprint density at radius 3 is 1.14 bits per heavy atom. The minimum Gasteiger partial charge on any atom is -0.258 e. The van der Waals surface area contributed by atoms with Crippen LogP contribution in [-0.4, -0.2) is 34.5 Å². The van der Waals surface area contributed by atoms with Gasteiger partial charge in [-0.15, -0.1) is 10.2 Å². The summed E-state index contributed by atoms with van der Waals surface area (Å²) in [4.78, 5) is 68.2. The molecular formula is C12H3N9O14. The fourth-order valence-electron chi connectivity index (χ4n) is 2.53. The van der Waals surface area contributed by atoms with E-state index in [4.69, 9.17) is 0 Å². The van der Waals surface area contributed by atoms with Crippen molar-refractivity contribution < 1.29 is 34.5 Å². The lowest BCUT2D eigenvalue weighted by molar-refractivity contribution is -0.442. The van der Waals surface area contributed by atoms with E-state index in [-0.39, 0.29) is 18.2 Å². The van der Waals surface area contributed by atoms with Crippen molar-refractivity contribution in [2.24, 2.45) is 10.2 Å². The lowest BCUT2D eigenvalue weighted by atomic mass is 10.1. The first-order valence-electron chi connectivity index (χ1n) is 8.00. The minimum absolute atomic E-state index is 0.0713. The third-order valence-corrected chi connectivity index (χ3v) is 3.87. The van der Waals surface area contributed by atoms with E-state index in [1.54, 1.807) is 0 Å². The molecule has 0 atom stereocenters. The van der Waals surface area contributed by atoms with E-state index < -0.39 is 85.6 Å². The number of non-ortho nitro benzene ring substituents is 1. The average molecular weight is 497 g/mol. The van der Waals surface area contributed by atoms with Crippen LogP contribution in [0, 0.1) is 70.8 Å². The van der Waals surface area contributed by atoms with E-state index in [1.807, 2.05) is 0 Å². The lowest BCUT2D eigenvalue weighted by Crippen LogP contribution is -2.04. The Kier molecular flexibility index (Phi) is 6.56. The van der Waals surface area contributed by atoms with Crippen LogP contribution in [-0.2, 0) is 0 Å². The third kappa shape index (κ3) is 4.71. The van der Waals surface area contributed by atoms with Gasteiger partial charge in [-0.3, -0.25) is 70.8 Å². The number of rotatable bonds is 9. The maximum absolute atomic E-state index is 11.4. The topological polar surface area (TPSA) is 327 Å². The van der Waals surface area contributed by atoms with Crippen molar-refractivity contribution >= 4 is 51.2 Å². The largest absolute Gasteiger partial charge is 0.425 e. The monoisotopic (exact) mass is 497 g/mol. The Hall–Kier alpha value is -6.16. The fourth-order valence-corrected chi connectivity index (χ4v) is 2.53. The minimum atomic E-state index is -1.92. The van der Waals surface area contributed by atoms with Gasteiger partial charge in [0.15, 0.2) is 0 Å². The summed E-state index contributed by atoms with van der Waals surface area (Å²) in [6.07, 6.45) is 0. The predicted octanol–water partition coefficient (Wildman–Crippen LogP) is 3.46. The summed E-state index contributed by atoms with van der Waals surface area (Å²) >= 11 is 0. The summed E-state index contributed by atoms with van der Waals surface area (Å²) in [7, 11) is 0. The van der Waals surface area contributed by atoms with Crippen molar-refractivity contribution in [3.05, 3.63) is 89.0 Å². The summed E-state index contributed by atoms with van der Waals surface area (Å²) in [6.45, 7) is 0. The molecule has 0 unspecified atom stereocenters. The zero-order valence-electron chi connectivity index (χ0n) is 16.0. The first-order chi connectivity index (χ1) is 16.2. The van der Waals surface area contributed by atoms with Crippen molar-refractivity contribution in [2.45, 2.75) is 0 Å². The smallest absolute Gasteiger partial charge is 0.258 e. The van der Waals surface area contributed by atoms with Gasteiger partial charge in [0.25, 0.3) is 5.69 Å². The molecule has 0 aliphatic rings. The zero-order chi connectivity index (χ0) is 26.8. The molecule has 0 saturated heterocycles. The van der Waals surface area contributed by atoms with E-state index in [1.165, 1.54) is 0 Å². The summed E-state index contributed by atoms with van der Waals surface area (Å²) in [6, 6.07) is 0.322. The average Bonchev–Trinajstić information content (AvgIpc) is 2.74. The van der Waals surface area contributed by atoms with Gasteiger partial charge in [-0.1, -0.05) is 0 Å². The van der Waals surface area contributed by atoms with Crippen molar-refractivity contribution in [3.8, 4) is 0 Å². The molecule has 23 heteroatoms. The quantitative estimate of drug-likeness (QED) is 0.272. The number of hydrogen-bond acceptors (Lipinski definition) is 16. The molecule has 0 aliphatic heterocycles. The SMILES string of the molecule is O=[N+]([O-])c1cc([N+](=O)[O-])c(N=Nc2c([N+](=O)[O-])cc([N+](=O)[O-])c([N+](=O)[O-])c2[N+](=O)[O-])c([N+](=O)[O-])c1. The first-order valence-corrected chi connectivity index (χ1v) is 8.00. The van der Waals surface area contributed by atoms with Crippen LogP contribution in [0.25, 0.3) is 0 Å². The third-order valence-electron chi connectivity index (χ3n) is 3.87. The molecule has 0 spiro atoms. The second kappa shape index (κ2) is 9.14. The van der Waals surface area contributed by atoms with E-state index in [2.05, 4.69) is 10.2 Å². The van der Waals surface area contributed by atoms with Crippen molar-refractivity contribution in [1.82, 2.24) is 0 Å². The summed E-state index contributed by atoms with van der Waals surface area (Å²) in [5.41, 5.74) is -14.1. The van der Waals surface area contributed by atoms with E-state index in [9.17, 15) is 70.8 Å². The van der Waals surface area contributed by atoms with Gasteiger partial charge in [-0.05, 0) is 0 Å². The molecule has 35 heavy (non-hydrogen) atoms. The van der Waals surface area contributed by atoms with E-state index in [0.29, 0.717) is 0 Å². The molecule has 0 bridgehead atoms. The number of nitro benzene ring substituents is 7. The molecule has 0 heterocycles. The Balaban J connectivity index is 3.05.